The van der Waals surface area contributed by atoms with E-state index >= 15 is 0 Å². The van der Waals surface area contributed by atoms with Gasteiger partial charge in [-0.1, -0.05) is 53.6 Å². The van der Waals surface area contributed by atoms with E-state index in [0.717, 1.165) is 11.1 Å². The van der Waals surface area contributed by atoms with E-state index in [1.54, 1.807) is 0 Å². The van der Waals surface area contributed by atoms with E-state index in [0.29, 0.717) is 5.02 Å². The molecule has 0 aliphatic carbocycles. The van der Waals surface area contributed by atoms with Gasteiger partial charge in [0.25, 0.3) is 0 Å². The molecule has 0 amide bonds. The van der Waals surface area contributed by atoms with Crippen molar-refractivity contribution in [3.63, 3.8) is 0 Å². The molecule has 0 bridgehead atoms. The predicted octanol–water partition coefficient (Wildman–Crippen LogP) is 4.16. The molecule has 1 N–H and O–H groups in total. The van der Waals surface area contributed by atoms with Crippen LogP contribution in [-0.4, -0.2) is 11.2 Å². The van der Waals surface area contributed by atoms with E-state index in [1.165, 1.54) is 5.56 Å². The van der Waals surface area contributed by atoms with Crippen LogP contribution in [-0.2, 0) is 0 Å². The first-order valence-electron chi connectivity index (χ1n) is 6.08. The first kappa shape index (κ1) is 13.1. The molecule has 94 valence electrons. The highest BCUT2D eigenvalue weighted by molar-refractivity contribution is 6.30. The molecule has 18 heavy (non-hydrogen) atoms. The Morgan fingerprint density at radius 2 is 1.33 bits per heavy atom. The van der Waals surface area contributed by atoms with Gasteiger partial charge in [0.15, 0.2) is 0 Å². The number of aliphatic hydroxyl groups excluding tert-OH is 1. The Kier molecular flexibility index (Phi) is 4.05. The molecule has 0 aliphatic rings. The smallest absolute Gasteiger partial charge is 0.0621 e. The van der Waals surface area contributed by atoms with Gasteiger partial charge in [-0.2, -0.15) is 0 Å². The first-order valence-corrected chi connectivity index (χ1v) is 6.46. The van der Waals surface area contributed by atoms with Crippen molar-refractivity contribution < 1.29 is 5.11 Å². The van der Waals surface area contributed by atoms with Crippen molar-refractivity contribution in [1.82, 2.24) is 0 Å². The van der Waals surface area contributed by atoms with E-state index in [-0.39, 0.29) is 5.92 Å². The fourth-order valence-corrected chi connectivity index (χ4v) is 2.32. The average Bonchev–Trinajstić information content (AvgIpc) is 2.34. The highest BCUT2D eigenvalue weighted by atomic mass is 35.5. The summed E-state index contributed by atoms with van der Waals surface area (Å²) < 4.78 is 0. The van der Waals surface area contributed by atoms with Crippen LogP contribution >= 0.6 is 11.6 Å². The van der Waals surface area contributed by atoms with Crippen molar-refractivity contribution in [1.29, 1.82) is 0 Å². The Labute approximate surface area is 113 Å². The monoisotopic (exact) mass is 260 g/mol. The van der Waals surface area contributed by atoms with E-state index < -0.39 is 6.10 Å². The second-order valence-electron chi connectivity index (χ2n) is 4.68. The summed E-state index contributed by atoms with van der Waals surface area (Å²) in [4.78, 5) is 0. The van der Waals surface area contributed by atoms with Crippen LogP contribution in [0.5, 0.6) is 0 Å². The fourth-order valence-electron chi connectivity index (χ4n) is 2.19. The number of hydrogen-bond donors (Lipinski definition) is 1. The molecular weight excluding hydrogens is 244 g/mol. The van der Waals surface area contributed by atoms with E-state index in [2.05, 4.69) is 31.2 Å². The zero-order chi connectivity index (χ0) is 13.1. The minimum atomic E-state index is -0.436. The molecule has 2 rings (SSSR count). The number of halogens is 1. The zero-order valence-electron chi connectivity index (χ0n) is 10.6. The number of aliphatic hydroxyl groups is 1. The molecule has 2 atom stereocenters. The Morgan fingerprint density at radius 1 is 0.889 bits per heavy atom. The van der Waals surface area contributed by atoms with Gasteiger partial charge < -0.3 is 5.11 Å². The van der Waals surface area contributed by atoms with Gasteiger partial charge in [-0.15, -0.1) is 0 Å². The van der Waals surface area contributed by atoms with Crippen LogP contribution in [0.25, 0.3) is 0 Å². The molecular formula is C16H17ClO. The van der Waals surface area contributed by atoms with Crippen LogP contribution in [0.15, 0.2) is 48.5 Å². The van der Waals surface area contributed by atoms with Crippen molar-refractivity contribution in [3.8, 4) is 0 Å². The number of aryl methyl sites for hydroxylation is 1. The Morgan fingerprint density at radius 3 is 1.78 bits per heavy atom. The Bertz CT molecular complexity index is 454. The molecule has 2 aromatic rings. The Hall–Kier alpha value is -1.31. The topological polar surface area (TPSA) is 20.2 Å². The second-order valence-corrected chi connectivity index (χ2v) is 5.12. The molecule has 0 heterocycles. The third-order valence-corrected chi connectivity index (χ3v) is 3.40. The largest absolute Gasteiger partial charge is 0.392 e. The minimum absolute atomic E-state index is 0.0112. The number of benzene rings is 2. The average molecular weight is 261 g/mol. The zero-order valence-corrected chi connectivity index (χ0v) is 11.4. The van der Waals surface area contributed by atoms with Gasteiger partial charge in [0.05, 0.1) is 6.10 Å². The summed E-state index contributed by atoms with van der Waals surface area (Å²) in [5.74, 6) is -0.0112. The number of hydrogen-bond acceptors (Lipinski definition) is 1. The molecule has 0 aliphatic heterocycles. The maximum Gasteiger partial charge on any atom is 0.0621 e. The molecule has 0 aromatic heterocycles. The molecule has 0 saturated heterocycles. The van der Waals surface area contributed by atoms with Crippen LogP contribution in [0.1, 0.15) is 29.5 Å². The summed E-state index contributed by atoms with van der Waals surface area (Å²) in [6.07, 6.45) is -0.436. The molecule has 0 saturated carbocycles. The predicted molar refractivity (Wildman–Crippen MR) is 76.2 cm³/mol. The summed E-state index contributed by atoms with van der Waals surface area (Å²) in [5, 5.41) is 10.7. The molecule has 2 aromatic carbocycles. The van der Waals surface area contributed by atoms with Crippen LogP contribution in [0.2, 0.25) is 5.02 Å². The van der Waals surface area contributed by atoms with Gasteiger partial charge in [-0.3, -0.25) is 0 Å². The maximum absolute atomic E-state index is 10.0. The Balaban J connectivity index is 2.39. The van der Waals surface area contributed by atoms with Crippen molar-refractivity contribution in [2.24, 2.45) is 0 Å². The quantitative estimate of drug-likeness (QED) is 0.879. The lowest BCUT2D eigenvalue weighted by Crippen LogP contribution is -2.16. The third kappa shape index (κ3) is 2.92. The van der Waals surface area contributed by atoms with Crippen LogP contribution in [0.4, 0.5) is 0 Å². The summed E-state index contributed by atoms with van der Waals surface area (Å²) in [7, 11) is 0. The van der Waals surface area contributed by atoms with Crippen molar-refractivity contribution in [3.05, 3.63) is 70.2 Å². The standard InChI is InChI=1S/C16H17ClO/c1-11-3-5-13(6-4-11)16(12(2)18)14-7-9-15(17)10-8-14/h3-10,12,16,18H,1-2H3. The maximum atomic E-state index is 10.0. The van der Waals surface area contributed by atoms with Gasteiger partial charge in [-0.05, 0) is 37.1 Å². The van der Waals surface area contributed by atoms with Gasteiger partial charge in [0.1, 0.15) is 0 Å². The first-order chi connectivity index (χ1) is 8.58. The molecule has 0 radical (unpaired) electrons. The summed E-state index contributed by atoms with van der Waals surface area (Å²) in [6, 6.07) is 15.9. The van der Waals surface area contributed by atoms with Gasteiger partial charge in [0.2, 0.25) is 0 Å². The summed E-state index contributed by atoms with van der Waals surface area (Å²) >= 11 is 5.90. The lowest BCUT2D eigenvalue weighted by atomic mass is 9.87. The third-order valence-electron chi connectivity index (χ3n) is 3.15. The van der Waals surface area contributed by atoms with Crippen LogP contribution in [0.3, 0.4) is 0 Å². The van der Waals surface area contributed by atoms with E-state index in [1.807, 2.05) is 31.2 Å². The lowest BCUT2D eigenvalue weighted by molar-refractivity contribution is 0.176. The minimum Gasteiger partial charge on any atom is -0.392 e. The highest BCUT2D eigenvalue weighted by Crippen LogP contribution is 2.29. The number of rotatable bonds is 3. The van der Waals surface area contributed by atoms with Gasteiger partial charge in [0, 0.05) is 10.9 Å². The van der Waals surface area contributed by atoms with Gasteiger partial charge in [-0.25, -0.2) is 0 Å². The summed E-state index contributed by atoms with van der Waals surface area (Å²) in [6.45, 7) is 3.88. The SMILES string of the molecule is Cc1ccc(C(c2ccc(Cl)cc2)C(C)O)cc1. The molecule has 2 heteroatoms. The molecule has 0 fully saturated rings. The van der Waals surface area contributed by atoms with Crippen molar-refractivity contribution in [2.75, 3.05) is 0 Å². The van der Waals surface area contributed by atoms with Crippen molar-refractivity contribution in [2.45, 2.75) is 25.9 Å². The van der Waals surface area contributed by atoms with E-state index in [9.17, 15) is 5.11 Å². The van der Waals surface area contributed by atoms with Crippen LogP contribution < -0.4 is 0 Å². The van der Waals surface area contributed by atoms with Gasteiger partial charge >= 0.3 is 0 Å². The summed E-state index contributed by atoms with van der Waals surface area (Å²) in [5.41, 5.74) is 3.43. The second kappa shape index (κ2) is 5.55. The van der Waals surface area contributed by atoms with Crippen molar-refractivity contribution >= 4 is 11.6 Å². The lowest BCUT2D eigenvalue weighted by Gasteiger charge is -2.21. The highest BCUT2D eigenvalue weighted by Gasteiger charge is 2.19. The molecule has 1 nitrogen and oxygen atoms in total. The molecule has 0 spiro atoms. The van der Waals surface area contributed by atoms with E-state index in [4.69, 9.17) is 11.6 Å². The normalized spacial score (nSPS) is 14.2. The van der Waals surface area contributed by atoms with Crippen LogP contribution in [0, 0.1) is 6.92 Å². The fraction of sp³-hybridized carbons (Fsp3) is 0.250. The molecule has 2 unspecified atom stereocenters.